The van der Waals surface area contributed by atoms with E-state index in [1.54, 1.807) is 0 Å². The van der Waals surface area contributed by atoms with Crippen LogP contribution in [0.15, 0.2) is 6.07 Å². The molecule has 20 heavy (non-hydrogen) atoms. The third-order valence-corrected chi connectivity index (χ3v) is 3.39. The molecule has 4 N–H and O–H groups in total. The third-order valence-electron chi connectivity index (χ3n) is 3.39. The molecule has 0 amide bonds. The Balaban J connectivity index is 1.84. The largest absolute Gasteiger partial charge is 0.394 e. The first-order valence-electron chi connectivity index (χ1n) is 6.97. The summed E-state index contributed by atoms with van der Waals surface area (Å²) in [5.74, 6) is 6.83. The fourth-order valence-electron chi connectivity index (χ4n) is 2.43. The van der Waals surface area contributed by atoms with Crippen molar-refractivity contribution < 1.29 is 9.84 Å². The van der Waals surface area contributed by atoms with Gasteiger partial charge in [0, 0.05) is 24.8 Å². The number of nitrogens with zero attached hydrogens (tertiary/aromatic N) is 3. The van der Waals surface area contributed by atoms with E-state index in [1.807, 2.05) is 13.0 Å². The molecule has 1 fully saturated rings. The fraction of sp³-hybridized carbons (Fsp3) is 0.692. The molecule has 0 aliphatic carbocycles. The van der Waals surface area contributed by atoms with Crippen LogP contribution in [0.4, 0.5) is 5.82 Å². The number of nitrogens with two attached hydrogens (primary N) is 1. The van der Waals surface area contributed by atoms with E-state index in [4.69, 9.17) is 15.7 Å². The van der Waals surface area contributed by atoms with Gasteiger partial charge < -0.3 is 15.3 Å². The number of aliphatic hydroxyl groups excluding tert-OH is 1. The van der Waals surface area contributed by atoms with E-state index in [1.165, 1.54) is 0 Å². The minimum absolute atomic E-state index is 0.0895. The minimum atomic E-state index is 0.0895. The molecule has 2 rings (SSSR count). The Morgan fingerprint density at radius 2 is 2.20 bits per heavy atom. The molecule has 1 aliphatic rings. The van der Waals surface area contributed by atoms with Crippen molar-refractivity contribution in [3.8, 4) is 0 Å². The van der Waals surface area contributed by atoms with Crippen LogP contribution in [0.25, 0.3) is 0 Å². The summed E-state index contributed by atoms with van der Waals surface area (Å²) in [6.45, 7) is 5.09. The van der Waals surface area contributed by atoms with Crippen molar-refractivity contribution in [2.24, 2.45) is 5.84 Å². The highest BCUT2D eigenvalue weighted by Crippen LogP contribution is 2.16. The molecule has 1 aliphatic heterocycles. The van der Waals surface area contributed by atoms with Crippen molar-refractivity contribution in [1.82, 2.24) is 14.9 Å². The van der Waals surface area contributed by atoms with Gasteiger partial charge in [-0.2, -0.15) is 0 Å². The fourth-order valence-corrected chi connectivity index (χ4v) is 2.43. The molecule has 0 saturated carbocycles. The molecule has 7 heteroatoms. The lowest BCUT2D eigenvalue weighted by molar-refractivity contribution is -0.00938. The second kappa shape index (κ2) is 7.49. The number of nitrogens with one attached hydrogen (secondary N) is 1. The minimum Gasteiger partial charge on any atom is -0.394 e. The van der Waals surface area contributed by atoms with Gasteiger partial charge in [0.25, 0.3) is 0 Å². The Kier molecular flexibility index (Phi) is 5.66. The van der Waals surface area contributed by atoms with Gasteiger partial charge in [-0.1, -0.05) is 0 Å². The lowest BCUT2D eigenvalue weighted by atomic mass is 10.1. The zero-order chi connectivity index (χ0) is 14.4. The van der Waals surface area contributed by atoms with Crippen LogP contribution in [0.1, 0.15) is 24.4 Å². The molecule has 2 heterocycles. The highest BCUT2D eigenvalue weighted by Gasteiger charge is 2.20. The molecular weight excluding hydrogens is 258 g/mol. The average molecular weight is 281 g/mol. The van der Waals surface area contributed by atoms with E-state index < -0.39 is 0 Å². The second-order valence-corrected chi connectivity index (χ2v) is 5.03. The Morgan fingerprint density at radius 3 is 2.85 bits per heavy atom. The summed E-state index contributed by atoms with van der Waals surface area (Å²) >= 11 is 0. The smallest absolute Gasteiger partial charge is 0.145 e. The molecule has 1 aromatic heterocycles. The van der Waals surface area contributed by atoms with Crippen LogP contribution in [0.3, 0.4) is 0 Å². The second-order valence-electron chi connectivity index (χ2n) is 5.03. The standard InChI is InChI=1S/C13H23N5O2/c1-10-8-12(17-14)16-13(15-10)9-18-4-2-11(3-5-18)20-7-6-19/h8,11,19H,2-7,9,14H2,1H3,(H,15,16,17). The van der Waals surface area contributed by atoms with Crippen molar-refractivity contribution in [3.63, 3.8) is 0 Å². The van der Waals surface area contributed by atoms with E-state index in [0.717, 1.165) is 44.0 Å². The molecule has 0 unspecified atom stereocenters. The van der Waals surface area contributed by atoms with Gasteiger partial charge >= 0.3 is 0 Å². The number of hydrazine groups is 1. The summed E-state index contributed by atoms with van der Waals surface area (Å²) in [5, 5.41) is 8.75. The summed E-state index contributed by atoms with van der Waals surface area (Å²) < 4.78 is 5.55. The van der Waals surface area contributed by atoms with Crippen LogP contribution in [0, 0.1) is 6.92 Å². The quantitative estimate of drug-likeness (QED) is 0.500. The normalized spacial score (nSPS) is 17.4. The molecule has 7 nitrogen and oxygen atoms in total. The molecular formula is C13H23N5O2. The van der Waals surface area contributed by atoms with Crippen molar-refractivity contribution >= 4 is 5.82 Å². The van der Waals surface area contributed by atoms with Crippen LogP contribution < -0.4 is 11.3 Å². The molecule has 112 valence electrons. The Morgan fingerprint density at radius 1 is 1.45 bits per heavy atom. The SMILES string of the molecule is Cc1cc(NN)nc(CN2CCC(OCCO)CC2)n1. The number of rotatable bonds is 6. The van der Waals surface area contributed by atoms with Crippen molar-refractivity contribution in [2.75, 3.05) is 31.7 Å². The predicted molar refractivity (Wildman–Crippen MR) is 75.9 cm³/mol. The van der Waals surface area contributed by atoms with Crippen molar-refractivity contribution in [2.45, 2.75) is 32.4 Å². The van der Waals surface area contributed by atoms with E-state index in [-0.39, 0.29) is 12.7 Å². The van der Waals surface area contributed by atoms with Crippen LogP contribution in [0.5, 0.6) is 0 Å². The molecule has 0 bridgehead atoms. The monoisotopic (exact) mass is 281 g/mol. The number of anilines is 1. The van der Waals surface area contributed by atoms with Gasteiger partial charge in [0.05, 0.1) is 25.9 Å². The summed E-state index contributed by atoms with van der Waals surface area (Å²) in [6, 6.07) is 1.82. The van der Waals surface area contributed by atoms with Gasteiger partial charge in [-0.3, -0.25) is 4.90 Å². The lowest BCUT2D eigenvalue weighted by Crippen LogP contribution is -2.37. The number of aliphatic hydroxyl groups is 1. The van der Waals surface area contributed by atoms with E-state index in [9.17, 15) is 0 Å². The van der Waals surface area contributed by atoms with Crippen LogP contribution >= 0.6 is 0 Å². The van der Waals surface area contributed by atoms with E-state index >= 15 is 0 Å². The lowest BCUT2D eigenvalue weighted by Gasteiger charge is -2.31. The van der Waals surface area contributed by atoms with Gasteiger partial charge in [-0.25, -0.2) is 15.8 Å². The maximum atomic E-state index is 8.75. The molecule has 0 atom stereocenters. The maximum absolute atomic E-state index is 8.75. The zero-order valence-corrected chi connectivity index (χ0v) is 11.9. The molecule has 0 spiro atoms. The van der Waals surface area contributed by atoms with Gasteiger partial charge in [0.15, 0.2) is 0 Å². The predicted octanol–water partition coefficient (Wildman–Crippen LogP) is 0.0439. The highest BCUT2D eigenvalue weighted by atomic mass is 16.5. The topological polar surface area (TPSA) is 96.5 Å². The van der Waals surface area contributed by atoms with Gasteiger partial charge in [-0.05, 0) is 19.8 Å². The van der Waals surface area contributed by atoms with Gasteiger partial charge in [0.2, 0.25) is 0 Å². The Hall–Kier alpha value is -1.28. The number of ether oxygens (including phenoxy) is 1. The van der Waals surface area contributed by atoms with Gasteiger partial charge in [-0.15, -0.1) is 0 Å². The van der Waals surface area contributed by atoms with E-state index in [0.29, 0.717) is 12.4 Å². The summed E-state index contributed by atoms with van der Waals surface area (Å²) in [7, 11) is 0. The molecule has 0 aromatic carbocycles. The molecule has 1 saturated heterocycles. The summed E-state index contributed by atoms with van der Waals surface area (Å²) in [6.07, 6.45) is 2.22. The van der Waals surface area contributed by atoms with Crippen LogP contribution in [-0.4, -0.2) is 52.4 Å². The summed E-state index contributed by atoms with van der Waals surface area (Å²) in [4.78, 5) is 11.1. The number of nitrogen functional groups attached to an aromatic ring is 1. The highest BCUT2D eigenvalue weighted by molar-refractivity contribution is 5.33. The molecule has 1 aromatic rings. The number of aryl methyl sites for hydroxylation is 1. The molecule has 0 radical (unpaired) electrons. The summed E-state index contributed by atoms with van der Waals surface area (Å²) in [5.41, 5.74) is 3.47. The first kappa shape index (κ1) is 15.1. The number of hydrogen-bond donors (Lipinski definition) is 3. The van der Waals surface area contributed by atoms with Gasteiger partial charge in [0.1, 0.15) is 11.6 Å². The number of hydrogen-bond acceptors (Lipinski definition) is 7. The van der Waals surface area contributed by atoms with E-state index in [2.05, 4.69) is 20.3 Å². The van der Waals surface area contributed by atoms with Crippen LogP contribution in [0.2, 0.25) is 0 Å². The first-order valence-corrected chi connectivity index (χ1v) is 6.97. The van der Waals surface area contributed by atoms with Crippen molar-refractivity contribution in [1.29, 1.82) is 0 Å². The average Bonchev–Trinajstić information content (AvgIpc) is 2.46. The van der Waals surface area contributed by atoms with Crippen molar-refractivity contribution in [3.05, 3.63) is 17.6 Å². The Labute approximate surface area is 119 Å². The third kappa shape index (κ3) is 4.38. The zero-order valence-electron chi connectivity index (χ0n) is 11.9. The van der Waals surface area contributed by atoms with Crippen LogP contribution in [-0.2, 0) is 11.3 Å². The number of likely N-dealkylation sites (tertiary alicyclic amines) is 1. The number of piperidine rings is 1. The Bertz CT molecular complexity index is 421. The maximum Gasteiger partial charge on any atom is 0.145 e. The first-order chi connectivity index (χ1) is 9.71. The number of aromatic nitrogens is 2.